The highest BCUT2D eigenvalue weighted by atomic mass is 32.1. The first-order valence-corrected chi connectivity index (χ1v) is 6.15. The summed E-state index contributed by atoms with van der Waals surface area (Å²) in [5.74, 6) is -0.0654. The van der Waals surface area contributed by atoms with Gasteiger partial charge in [0.2, 0.25) is 0 Å². The summed E-state index contributed by atoms with van der Waals surface area (Å²) in [7, 11) is 0. The highest BCUT2D eigenvalue weighted by Gasteiger charge is 1.99. The monoisotopic (exact) mass is 280 g/mol. The fraction of sp³-hybridized carbons (Fsp3) is 0.231. The Morgan fingerprint density at radius 1 is 1.37 bits per heavy atom. The Morgan fingerprint density at radius 2 is 2.00 bits per heavy atom. The quantitative estimate of drug-likeness (QED) is 0.344. The van der Waals surface area contributed by atoms with Gasteiger partial charge in [-0.2, -0.15) is 0 Å². The van der Waals surface area contributed by atoms with Gasteiger partial charge in [-0.25, -0.2) is 9.38 Å². The lowest BCUT2D eigenvalue weighted by Crippen LogP contribution is -2.39. The van der Waals surface area contributed by atoms with Gasteiger partial charge in [-0.05, 0) is 50.3 Å². The van der Waals surface area contributed by atoms with Crippen LogP contribution in [0.4, 0.5) is 10.1 Å². The molecule has 1 aromatic carbocycles. The molecule has 4 nitrogen and oxygen atoms in total. The van der Waals surface area contributed by atoms with Gasteiger partial charge >= 0.3 is 0 Å². The summed E-state index contributed by atoms with van der Waals surface area (Å²) in [4.78, 5) is 4.08. The van der Waals surface area contributed by atoms with Gasteiger partial charge in [-0.3, -0.25) is 0 Å². The Morgan fingerprint density at radius 3 is 2.58 bits per heavy atom. The third kappa shape index (κ3) is 6.52. The Labute approximate surface area is 117 Å². The fourth-order valence-electron chi connectivity index (χ4n) is 1.18. The van der Waals surface area contributed by atoms with Crippen LogP contribution in [0.1, 0.15) is 13.8 Å². The molecule has 0 saturated carbocycles. The Kier molecular flexibility index (Phi) is 5.95. The van der Waals surface area contributed by atoms with E-state index in [0.29, 0.717) is 17.3 Å². The van der Waals surface area contributed by atoms with Crippen molar-refractivity contribution in [2.24, 2.45) is 10.7 Å². The van der Waals surface area contributed by atoms with Crippen LogP contribution in [0, 0.1) is 5.82 Å². The highest BCUT2D eigenvalue weighted by molar-refractivity contribution is 7.80. The van der Waals surface area contributed by atoms with Crippen LogP contribution in [-0.4, -0.2) is 17.6 Å². The van der Waals surface area contributed by atoms with Crippen molar-refractivity contribution in [3.05, 3.63) is 41.7 Å². The lowest BCUT2D eigenvalue weighted by Gasteiger charge is -2.09. The number of aliphatic imine (C=N–C) groups is 1. The number of hydrogen-bond donors (Lipinski definition) is 3. The van der Waals surface area contributed by atoms with E-state index in [2.05, 4.69) is 15.6 Å². The molecule has 0 amide bonds. The number of guanidine groups is 1. The average molecular weight is 280 g/mol. The van der Waals surface area contributed by atoms with Gasteiger partial charge in [0.1, 0.15) is 5.82 Å². The minimum Gasteiger partial charge on any atom is -0.370 e. The van der Waals surface area contributed by atoms with Crippen LogP contribution < -0.4 is 16.4 Å². The number of halogens is 1. The second-order valence-corrected chi connectivity index (χ2v) is 4.50. The van der Waals surface area contributed by atoms with Gasteiger partial charge in [-0.15, -0.1) is 0 Å². The summed E-state index contributed by atoms with van der Waals surface area (Å²) in [5, 5.41) is 5.93. The summed E-state index contributed by atoms with van der Waals surface area (Å²) >= 11 is 5.05. The van der Waals surface area contributed by atoms with Gasteiger partial charge in [0.05, 0.1) is 6.54 Å². The van der Waals surface area contributed by atoms with E-state index in [1.807, 2.05) is 19.9 Å². The molecule has 4 N–H and O–H groups in total. The zero-order valence-electron chi connectivity index (χ0n) is 10.9. The third-order valence-electron chi connectivity index (χ3n) is 2.10. The van der Waals surface area contributed by atoms with Gasteiger partial charge < -0.3 is 16.4 Å². The molecule has 0 bridgehead atoms. The molecule has 0 spiro atoms. The molecule has 6 heteroatoms. The van der Waals surface area contributed by atoms with Crippen LogP contribution in [0.5, 0.6) is 0 Å². The van der Waals surface area contributed by atoms with Gasteiger partial charge in [0.15, 0.2) is 11.1 Å². The second-order valence-electron chi connectivity index (χ2n) is 4.09. The summed E-state index contributed by atoms with van der Waals surface area (Å²) in [5.41, 5.74) is 7.51. The minimum absolute atomic E-state index is 0.233. The van der Waals surface area contributed by atoms with Crippen molar-refractivity contribution >= 4 is 29.0 Å². The molecule has 1 aromatic rings. The summed E-state index contributed by atoms with van der Waals surface area (Å²) < 4.78 is 12.7. The molecule has 0 heterocycles. The molecule has 0 unspecified atom stereocenters. The number of thiocarbonyl (C=S) groups is 1. The van der Waals surface area contributed by atoms with Crippen LogP contribution in [0.15, 0.2) is 40.9 Å². The first-order valence-electron chi connectivity index (χ1n) is 5.74. The second kappa shape index (κ2) is 7.48. The molecule has 0 saturated heterocycles. The molecular weight excluding hydrogens is 263 g/mol. The van der Waals surface area contributed by atoms with Crippen molar-refractivity contribution < 1.29 is 4.39 Å². The van der Waals surface area contributed by atoms with E-state index in [4.69, 9.17) is 18.0 Å². The van der Waals surface area contributed by atoms with E-state index >= 15 is 0 Å². The van der Waals surface area contributed by atoms with Crippen molar-refractivity contribution in [3.8, 4) is 0 Å². The highest BCUT2D eigenvalue weighted by Crippen LogP contribution is 2.07. The number of nitrogens with zero attached hydrogens (tertiary/aromatic N) is 1. The molecule has 1 rings (SSSR count). The largest absolute Gasteiger partial charge is 0.370 e. The third-order valence-corrected chi connectivity index (χ3v) is 2.31. The zero-order chi connectivity index (χ0) is 14.3. The molecule has 0 aromatic heterocycles. The zero-order valence-corrected chi connectivity index (χ0v) is 11.7. The normalized spacial score (nSPS) is 10.8. The standard InChI is InChI=1S/C13H17FN4S/c1-9(2)7-8-16-12(15)18-13(19)17-11-5-3-10(14)4-6-11/h3-7H,8H2,1-2H3,(H4,15,16,17,18,19). The Hall–Kier alpha value is -1.95. The lowest BCUT2D eigenvalue weighted by molar-refractivity contribution is 0.628. The Balaban J connectivity index is 2.46. The van der Waals surface area contributed by atoms with Crippen molar-refractivity contribution in [2.45, 2.75) is 13.8 Å². The average Bonchev–Trinajstić information content (AvgIpc) is 2.31. The Bertz CT molecular complexity index is 490. The molecular formula is C13H17FN4S. The molecule has 0 fully saturated rings. The van der Waals surface area contributed by atoms with Crippen molar-refractivity contribution in [2.75, 3.05) is 11.9 Å². The molecule has 102 valence electrons. The maximum atomic E-state index is 12.7. The number of hydrogen-bond acceptors (Lipinski definition) is 2. The molecule has 19 heavy (non-hydrogen) atoms. The predicted octanol–water partition coefficient (Wildman–Crippen LogP) is 2.39. The molecule has 0 radical (unpaired) electrons. The smallest absolute Gasteiger partial charge is 0.195 e. The number of allylic oxidation sites excluding steroid dienone is 1. The van der Waals surface area contributed by atoms with Gasteiger partial charge in [-0.1, -0.05) is 11.6 Å². The maximum Gasteiger partial charge on any atom is 0.195 e. The van der Waals surface area contributed by atoms with Crippen LogP contribution in [0.2, 0.25) is 0 Å². The van der Waals surface area contributed by atoms with E-state index < -0.39 is 0 Å². The molecule has 0 aliphatic rings. The van der Waals surface area contributed by atoms with Crippen LogP contribution >= 0.6 is 12.2 Å². The van der Waals surface area contributed by atoms with E-state index in [-0.39, 0.29) is 11.8 Å². The summed E-state index contributed by atoms with van der Waals surface area (Å²) in [6, 6.07) is 5.86. The fourth-order valence-corrected chi connectivity index (χ4v) is 1.40. The van der Waals surface area contributed by atoms with E-state index in [1.54, 1.807) is 12.1 Å². The number of nitrogens with two attached hydrogens (primary N) is 1. The van der Waals surface area contributed by atoms with Crippen LogP contribution in [-0.2, 0) is 0 Å². The van der Waals surface area contributed by atoms with Crippen molar-refractivity contribution in [1.82, 2.24) is 5.32 Å². The predicted molar refractivity (Wildman–Crippen MR) is 81.7 cm³/mol. The minimum atomic E-state index is -0.299. The van der Waals surface area contributed by atoms with Crippen LogP contribution in [0.25, 0.3) is 0 Å². The van der Waals surface area contributed by atoms with Crippen molar-refractivity contribution in [1.29, 1.82) is 0 Å². The topological polar surface area (TPSA) is 62.4 Å². The summed E-state index contributed by atoms with van der Waals surface area (Å²) in [6.07, 6.45) is 1.95. The molecule has 0 aliphatic heterocycles. The lowest BCUT2D eigenvalue weighted by atomic mass is 10.3. The maximum absolute atomic E-state index is 12.7. The van der Waals surface area contributed by atoms with Gasteiger partial charge in [0, 0.05) is 5.69 Å². The number of benzene rings is 1. The van der Waals surface area contributed by atoms with E-state index in [9.17, 15) is 4.39 Å². The number of anilines is 1. The molecule has 0 aliphatic carbocycles. The molecule has 0 atom stereocenters. The van der Waals surface area contributed by atoms with E-state index in [0.717, 1.165) is 0 Å². The first-order chi connectivity index (χ1) is 8.97. The SMILES string of the molecule is CC(C)=CCN=C(N)NC(=S)Nc1ccc(F)cc1. The number of nitrogens with one attached hydrogen (secondary N) is 2. The van der Waals surface area contributed by atoms with Crippen LogP contribution in [0.3, 0.4) is 0 Å². The number of rotatable bonds is 3. The van der Waals surface area contributed by atoms with Crippen molar-refractivity contribution in [3.63, 3.8) is 0 Å². The summed E-state index contributed by atoms with van der Waals surface area (Å²) in [6.45, 7) is 4.47. The first kappa shape index (κ1) is 15.1. The van der Waals surface area contributed by atoms with E-state index in [1.165, 1.54) is 17.7 Å². The van der Waals surface area contributed by atoms with Gasteiger partial charge in [0.25, 0.3) is 0 Å².